The van der Waals surface area contributed by atoms with Crippen molar-refractivity contribution in [1.29, 1.82) is 0 Å². The van der Waals surface area contributed by atoms with Gasteiger partial charge in [-0.3, -0.25) is 4.57 Å². The highest BCUT2D eigenvalue weighted by atomic mass is 32.1. The molecule has 0 atom stereocenters. The normalized spacial score (nSPS) is 12.0. The van der Waals surface area contributed by atoms with Gasteiger partial charge in [-0.15, -0.1) is 22.7 Å². The van der Waals surface area contributed by atoms with Crippen molar-refractivity contribution in [1.82, 2.24) is 14.5 Å². The number of hydrogen-bond acceptors (Lipinski definition) is 4. The molecule has 0 spiro atoms. The molecule has 55 heavy (non-hydrogen) atoms. The van der Waals surface area contributed by atoms with Crippen molar-refractivity contribution < 1.29 is 0 Å². The molecule has 4 heterocycles. The highest BCUT2D eigenvalue weighted by Crippen LogP contribution is 2.44. The van der Waals surface area contributed by atoms with Crippen LogP contribution in [0.3, 0.4) is 0 Å². The zero-order valence-corrected chi connectivity index (χ0v) is 30.7. The first kappa shape index (κ1) is 30.5. The Balaban J connectivity index is 1.22. The summed E-state index contributed by atoms with van der Waals surface area (Å²) in [6.07, 6.45) is 0. The summed E-state index contributed by atoms with van der Waals surface area (Å²) in [5.41, 5.74) is 6.98. The summed E-state index contributed by atoms with van der Waals surface area (Å²) in [6.45, 7) is 7.44. The Morgan fingerprint density at radius 1 is 0.473 bits per heavy atom. The number of fused-ring (bicyclic) bond motifs is 12. The van der Waals surface area contributed by atoms with E-state index >= 15 is 0 Å². The van der Waals surface area contributed by atoms with Crippen LogP contribution in [0.4, 0.5) is 5.69 Å². The van der Waals surface area contributed by atoms with Crippen LogP contribution in [0.1, 0.15) is 0 Å². The third kappa shape index (κ3) is 4.55. The first-order chi connectivity index (χ1) is 27.2. The zero-order chi connectivity index (χ0) is 36.2. The number of nitrogens with zero attached hydrogens (tertiary/aromatic N) is 4. The molecule has 0 bridgehead atoms. The van der Waals surface area contributed by atoms with E-state index in [-0.39, 0.29) is 0 Å². The first-order valence-corrected chi connectivity index (χ1v) is 19.8. The molecule has 0 fully saturated rings. The number of thiophene rings is 2. The monoisotopic (exact) mass is 734 g/mol. The standard InChI is InChI=1S/C49H26N4S2/c1-50-34-19-14-28(15-20-34)32-17-22-44-40(25-32)45-47(55-44)49(52-48(51-45)33-18-23-43-39(26-33)36-12-6-7-13-42(36)54-43)53-41-27-31-10-3-2-9-30(31)24-38(41)37-21-16-29-8-4-5-11-35(29)46(37)53/h2-27H. The summed E-state index contributed by atoms with van der Waals surface area (Å²) in [4.78, 5) is 14.7. The van der Waals surface area contributed by atoms with Crippen molar-refractivity contribution in [2.75, 3.05) is 0 Å². The van der Waals surface area contributed by atoms with Crippen molar-refractivity contribution in [3.8, 4) is 28.3 Å². The van der Waals surface area contributed by atoms with Crippen LogP contribution in [-0.4, -0.2) is 14.5 Å². The minimum atomic E-state index is 0.634. The van der Waals surface area contributed by atoms with E-state index in [1.165, 1.54) is 52.5 Å². The van der Waals surface area contributed by atoms with E-state index in [9.17, 15) is 0 Å². The fourth-order valence-electron chi connectivity index (χ4n) is 8.37. The minimum absolute atomic E-state index is 0.634. The number of rotatable bonds is 3. The molecule has 6 heteroatoms. The molecule has 4 aromatic heterocycles. The van der Waals surface area contributed by atoms with Crippen LogP contribution in [0.2, 0.25) is 0 Å². The van der Waals surface area contributed by atoms with Gasteiger partial charge in [-0.05, 0) is 75.8 Å². The molecular weight excluding hydrogens is 709 g/mol. The summed E-state index contributed by atoms with van der Waals surface area (Å²) < 4.78 is 7.13. The highest BCUT2D eigenvalue weighted by Gasteiger charge is 2.23. The Labute approximate surface area is 322 Å². The van der Waals surface area contributed by atoms with Gasteiger partial charge in [-0.1, -0.05) is 109 Å². The largest absolute Gasteiger partial charge is 0.292 e. The van der Waals surface area contributed by atoms with E-state index in [1.54, 1.807) is 11.3 Å². The van der Waals surface area contributed by atoms with E-state index in [0.29, 0.717) is 11.5 Å². The van der Waals surface area contributed by atoms with E-state index in [0.717, 1.165) is 53.8 Å². The molecule has 0 aliphatic carbocycles. The maximum atomic E-state index is 7.44. The van der Waals surface area contributed by atoms with Crippen molar-refractivity contribution in [2.24, 2.45) is 0 Å². The van der Waals surface area contributed by atoms with E-state index in [1.807, 2.05) is 35.6 Å². The molecule has 0 unspecified atom stereocenters. The fourth-order valence-corrected chi connectivity index (χ4v) is 10.6. The van der Waals surface area contributed by atoms with Crippen LogP contribution < -0.4 is 0 Å². The van der Waals surface area contributed by atoms with Gasteiger partial charge >= 0.3 is 0 Å². The maximum Gasteiger partial charge on any atom is 0.187 e. The molecule has 0 amide bonds. The first-order valence-electron chi connectivity index (χ1n) is 18.2. The van der Waals surface area contributed by atoms with Crippen LogP contribution in [-0.2, 0) is 0 Å². The second-order valence-electron chi connectivity index (χ2n) is 14.1. The lowest BCUT2D eigenvalue weighted by molar-refractivity contribution is 1.09. The molecule has 0 saturated heterocycles. The quantitative estimate of drug-likeness (QED) is 0.169. The Hall–Kier alpha value is -6.91. The number of benzene rings is 8. The molecule has 0 aliphatic heterocycles. The molecule has 0 saturated carbocycles. The Morgan fingerprint density at radius 2 is 1.15 bits per heavy atom. The molecule has 0 aliphatic rings. The van der Waals surface area contributed by atoms with Gasteiger partial charge in [0.1, 0.15) is 0 Å². The summed E-state index contributed by atoms with van der Waals surface area (Å²) in [5, 5.41) is 10.7. The van der Waals surface area contributed by atoms with Crippen LogP contribution in [0.25, 0.3) is 117 Å². The van der Waals surface area contributed by atoms with Crippen LogP contribution in [0.5, 0.6) is 0 Å². The minimum Gasteiger partial charge on any atom is -0.292 e. The van der Waals surface area contributed by atoms with Gasteiger partial charge in [0.15, 0.2) is 17.3 Å². The molecule has 12 aromatic rings. The molecule has 0 N–H and O–H groups in total. The summed E-state index contributed by atoms with van der Waals surface area (Å²) >= 11 is 3.57. The number of hydrogen-bond donors (Lipinski definition) is 0. The smallest absolute Gasteiger partial charge is 0.187 e. The SMILES string of the molecule is [C-]#[N+]c1ccc(-c2ccc3sc4c(-n5c6cc7ccccc7cc6c6ccc7ccccc7c65)nc(-c5ccc6sc7ccccc7c6c5)nc4c3c2)cc1. The lowest BCUT2D eigenvalue weighted by Gasteiger charge is -2.12. The Morgan fingerprint density at radius 3 is 1.98 bits per heavy atom. The zero-order valence-electron chi connectivity index (χ0n) is 29.1. The van der Waals surface area contributed by atoms with E-state index < -0.39 is 0 Å². The third-order valence-corrected chi connectivity index (χ3v) is 13.3. The van der Waals surface area contributed by atoms with E-state index in [2.05, 4.69) is 143 Å². The average Bonchev–Trinajstić information content (AvgIpc) is 3.91. The predicted octanol–water partition coefficient (Wildman–Crippen LogP) is 14.5. The van der Waals surface area contributed by atoms with Crippen molar-refractivity contribution in [3.63, 3.8) is 0 Å². The van der Waals surface area contributed by atoms with Gasteiger partial charge in [0.05, 0.1) is 27.8 Å². The van der Waals surface area contributed by atoms with Crippen molar-refractivity contribution in [2.45, 2.75) is 0 Å². The Kier molecular flexibility index (Phi) is 6.41. The topological polar surface area (TPSA) is 35.1 Å². The van der Waals surface area contributed by atoms with Crippen LogP contribution in [0.15, 0.2) is 158 Å². The summed E-state index contributed by atoms with van der Waals surface area (Å²) in [5.74, 6) is 1.58. The maximum absolute atomic E-state index is 7.44. The predicted molar refractivity (Wildman–Crippen MR) is 234 cm³/mol. The van der Waals surface area contributed by atoms with Gasteiger partial charge < -0.3 is 0 Å². The average molecular weight is 735 g/mol. The molecule has 12 rings (SSSR count). The van der Waals surface area contributed by atoms with Gasteiger partial charge in [-0.2, -0.15) is 0 Å². The van der Waals surface area contributed by atoms with Crippen molar-refractivity contribution in [3.05, 3.63) is 169 Å². The molecule has 254 valence electrons. The molecule has 4 nitrogen and oxygen atoms in total. The highest BCUT2D eigenvalue weighted by molar-refractivity contribution is 7.26. The van der Waals surface area contributed by atoms with Crippen molar-refractivity contribution >= 4 is 112 Å². The second kappa shape index (κ2) is 11.5. The number of aromatic nitrogens is 3. The second-order valence-corrected chi connectivity index (χ2v) is 16.2. The van der Waals surface area contributed by atoms with Gasteiger partial charge in [0.25, 0.3) is 0 Å². The van der Waals surface area contributed by atoms with Crippen LogP contribution in [0, 0.1) is 6.57 Å². The van der Waals surface area contributed by atoms with Crippen LogP contribution >= 0.6 is 22.7 Å². The summed E-state index contributed by atoms with van der Waals surface area (Å²) in [7, 11) is 0. The van der Waals surface area contributed by atoms with Gasteiger partial charge in [0.2, 0.25) is 0 Å². The lowest BCUT2D eigenvalue weighted by Crippen LogP contribution is -2.02. The fraction of sp³-hybridized carbons (Fsp3) is 0. The third-order valence-electron chi connectivity index (χ3n) is 11.0. The molecular formula is C49H26N4S2. The van der Waals surface area contributed by atoms with Gasteiger partial charge in [-0.25, -0.2) is 14.8 Å². The van der Waals surface area contributed by atoms with E-state index in [4.69, 9.17) is 16.5 Å². The molecule has 8 aromatic carbocycles. The molecule has 0 radical (unpaired) electrons. The Bertz CT molecular complexity index is 3620. The summed E-state index contributed by atoms with van der Waals surface area (Å²) in [6, 6.07) is 56.2. The lowest BCUT2D eigenvalue weighted by atomic mass is 10.0. The van der Waals surface area contributed by atoms with Gasteiger partial charge in [0, 0.05) is 52.0 Å².